The van der Waals surface area contributed by atoms with Crippen molar-refractivity contribution >= 4 is 16.9 Å². The SMILES string of the molecule is CC(c1cccc2c(-c3ccc(CN4CCOCC4)nc3)c(C(=O)O)[nH]c12)n1cc(CN2CC(N)C2)oc1=O. The van der Waals surface area contributed by atoms with Crippen LogP contribution in [0.1, 0.15) is 40.5 Å². The molecule has 4 N–H and O–H groups in total. The molecular formula is C28H32N6O5. The molecule has 0 spiro atoms. The van der Waals surface area contributed by atoms with Crippen molar-refractivity contribution in [1.29, 1.82) is 0 Å². The van der Waals surface area contributed by atoms with E-state index in [1.54, 1.807) is 17.0 Å². The molecular weight excluding hydrogens is 500 g/mol. The fourth-order valence-corrected chi connectivity index (χ4v) is 5.55. The van der Waals surface area contributed by atoms with Gasteiger partial charge in [0.15, 0.2) is 0 Å². The van der Waals surface area contributed by atoms with E-state index in [0.29, 0.717) is 28.9 Å². The second-order valence-electron chi connectivity index (χ2n) is 10.4. The summed E-state index contributed by atoms with van der Waals surface area (Å²) in [6.07, 6.45) is 3.46. The number of aromatic amines is 1. The molecule has 1 atom stereocenters. The van der Waals surface area contributed by atoms with Crippen LogP contribution in [0.25, 0.3) is 22.0 Å². The summed E-state index contributed by atoms with van der Waals surface area (Å²) in [4.78, 5) is 37.2. The van der Waals surface area contributed by atoms with Crippen LogP contribution in [0.15, 0.2) is 51.9 Å². The number of ether oxygens (including phenoxy) is 1. The molecule has 4 aromatic rings. The molecule has 2 aliphatic heterocycles. The fourth-order valence-electron chi connectivity index (χ4n) is 5.55. The van der Waals surface area contributed by atoms with E-state index in [9.17, 15) is 14.7 Å². The van der Waals surface area contributed by atoms with E-state index in [0.717, 1.165) is 62.6 Å². The van der Waals surface area contributed by atoms with Crippen LogP contribution in [0.2, 0.25) is 0 Å². The summed E-state index contributed by atoms with van der Waals surface area (Å²) in [6.45, 7) is 7.86. The van der Waals surface area contributed by atoms with E-state index >= 15 is 0 Å². The molecule has 0 saturated carbocycles. The predicted octanol–water partition coefficient (Wildman–Crippen LogP) is 2.27. The molecule has 0 amide bonds. The van der Waals surface area contributed by atoms with Crippen molar-refractivity contribution in [3.63, 3.8) is 0 Å². The number of nitrogens with zero attached hydrogens (tertiary/aromatic N) is 4. The molecule has 2 saturated heterocycles. The first-order chi connectivity index (χ1) is 18.9. The highest BCUT2D eigenvalue weighted by Crippen LogP contribution is 2.36. The van der Waals surface area contributed by atoms with Gasteiger partial charge in [0.25, 0.3) is 0 Å². The van der Waals surface area contributed by atoms with Crippen molar-refractivity contribution in [3.05, 3.63) is 76.0 Å². The highest BCUT2D eigenvalue weighted by atomic mass is 16.5. The quantitative estimate of drug-likeness (QED) is 0.311. The number of hydrogen-bond donors (Lipinski definition) is 3. The molecule has 0 aliphatic carbocycles. The molecule has 39 heavy (non-hydrogen) atoms. The van der Waals surface area contributed by atoms with Gasteiger partial charge in [-0.25, -0.2) is 9.59 Å². The fraction of sp³-hybridized carbons (Fsp3) is 0.393. The Morgan fingerprint density at radius 1 is 1.18 bits per heavy atom. The smallest absolute Gasteiger partial charge is 0.419 e. The first-order valence-corrected chi connectivity index (χ1v) is 13.2. The van der Waals surface area contributed by atoms with Crippen LogP contribution in [0.4, 0.5) is 0 Å². The zero-order valence-corrected chi connectivity index (χ0v) is 21.8. The molecule has 5 heterocycles. The number of aromatic carboxylic acids is 1. The number of benzene rings is 1. The standard InChI is InChI=1S/C28H32N6O5/c1-17(34-16-21(39-28(34)37)15-33-12-19(29)13-33)22-3-2-4-23-24(26(27(35)36)31-25(22)23)18-5-6-20(30-11-18)14-32-7-9-38-10-8-32/h2-6,11,16-17,19,31H,7-10,12-15,29H2,1H3,(H,35,36). The zero-order valence-electron chi connectivity index (χ0n) is 21.8. The topological polar surface area (TPSA) is 143 Å². The van der Waals surface area contributed by atoms with Crippen molar-refractivity contribution in [1.82, 2.24) is 24.3 Å². The number of aromatic nitrogens is 3. The Morgan fingerprint density at radius 2 is 1.97 bits per heavy atom. The number of carboxylic acids is 1. The maximum absolute atomic E-state index is 12.7. The number of fused-ring (bicyclic) bond motifs is 1. The van der Waals surface area contributed by atoms with Crippen LogP contribution >= 0.6 is 0 Å². The Morgan fingerprint density at radius 3 is 2.67 bits per heavy atom. The number of nitrogens with two attached hydrogens (primary N) is 1. The third-order valence-corrected chi connectivity index (χ3v) is 7.63. The van der Waals surface area contributed by atoms with E-state index in [2.05, 4.69) is 19.8 Å². The number of morpholine rings is 1. The van der Waals surface area contributed by atoms with Crippen LogP contribution in [0.3, 0.4) is 0 Å². The summed E-state index contributed by atoms with van der Waals surface area (Å²) in [7, 11) is 0. The van der Waals surface area contributed by atoms with Crippen molar-refractivity contribution in [2.75, 3.05) is 39.4 Å². The van der Waals surface area contributed by atoms with Gasteiger partial charge in [0, 0.05) is 61.5 Å². The third-order valence-electron chi connectivity index (χ3n) is 7.63. The van der Waals surface area contributed by atoms with Gasteiger partial charge in [-0.05, 0) is 18.6 Å². The summed E-state index contributed by atoms with van der Waals surface area (Å²) >= 11 is 0. The van der Waals surface area contributed by atoms with Crippen molar-refractivity contribution < 1.29 is 19.1 Å². The van der Waals surface area contributed by atoms with Crippen LogP contribution in [-0.4, -0.2) is 80.8 Å². The number of rotatable bonds is 8. The Kier molecular flexibility index (Phi) is 6.81. The molecule has 0 bridgehead atoms. The normalized spacial score (nSPS) is 17.9. The summed E-state index contributed by atoms with van der Waals surface area (Å²) in [5.41, 5.74) is 9.61. The lowest BCUT2D eigenvalue weighted by molar-refractivity contribution is 0.0336. The number of carboxylic acid groups (broad SMARTS) is 1. The van der Waals surface area contributed by atoms with Gasteiger partial charge in [-0.15, -0.1) is 0 Å². The number of carbonyl (C=O) groups is 1. The minimum atomic E-state index is -1.06. The van der Waals surface area contributed by atoms with Gasteiger partial charge >= 0.3 is 11.7 Å². The first-order valence-electron chi connectivity index (χ1n) is 13.2. The average Bonchev–Trinajstić information content (AvgIpc) is 3.49. The molecule has 0 radical (unpaired) electrons. The lowest BCUT2D eigenvalue weighted by Gasteiger charge is -2.35. The minimum absolute atomic E-state index is 0.0849. The van der Waals surface area contributed by atoms with Gasteiger partial charge in [-0.2, -0.15) is 0 Å². The maximum atomic E-state index is 12.7. The largest absolute Gasteiger partial charge is 0.477 e. The number of para-hydroxylation sites is 1. The monoisotopic (exact) mass is 532 g/mol. The molecule has 2 fully saturated rings. The number of nitrogens with one attached hydrogen (secondary N) is 1. The molecule has 11 heteroatoms. The molecule has 204 valence electrons. The zero-order chi connectivity index (χ0) is 27.1. The van der Waals surface area contributed by atoms with Gasteiger partial charge in [0.05, 0.1) is 43.2 Å². The van der Waals surface area contributed by atoms with Crippen molar-refractivity contribution in [2.24, 2.45) is 5.73 Å². The third kappa shape index (κ3) is 5.01. The highest BCUT2D eigenvalue weighted by Gasteiger charge is 2.26. The maximum Gasteiger partial charge on any atom is 0.419 e. The number of hydrogen-bond acceptors (Lipinski definition) is 8. The summed E-state index contributed by atoms with van der Waals surface area (Å²) < 4.78 is 12.5. The van der Waals surface area contributed by atoms with Gasteiger partial charge in [0.2, 0.25) is 0 Å². The number of H-pyrrole nitrogens is 1. The van der Waals surface area contributed by atoms with Gasteiger partial charge in [-0.1, -0.05) is 24.3 Å². The molecule has 6 rings (SSSR count). The number of likely N-dealkylation sites (tertiary alicyclic amines) is 1. The lowest BCUT2D eigenvalue weighted by atomic mass is 9.99. The Labute approximate surface area is 224 Å². The molecule has 11 nitrogen and oxygen atoms in total. The minimum Gasteiger partial charge on any atom is -0.477 e. The summed E-state index contributed by atoms with van der Waals surface area (Å²) in [5.74, 6) is -0.940. The predicted molar refractivity (Wildman–Crippen MR) is 145 cm³/mol. The van der Waals surface area contributed by atoms with E-state index in [4.69, 9.17) is 14.9 Å². The van der Waals surface area contributed by atoms with Crippen molar-refractivity contribution in [3.8, 4) is 11.1 Å². The van der Waals surface area contributed by atoms with E-state index in [1.165, 1.54) is 0 Å². The van der Waals surface area contributed by atoms with Crippen LogP contribution < -0.4 is 11.5 Å². The Bertz CT molecular complexity index is 1540. The van der Waals surface area contributed by atoms with Crippen LogP contribution in [0, 0.1) is 0 Å². The second-order valence-corrected chi connectivity index (χ2v) is 10.4. The molecule has 3 aromatic heterocycles. The summed E-state index contributed by atoms with van der Waals surface area (Å²) in [5, 5.41) is 10.8. The molecule has 2 aliphatic rings. The average molecular weight is 533 g/mol. The lowest BCUT2D eigenvalue weighted by Crippen LogP contribution is -2.54. The van der Waals surface area contributed by atoms with Crippen LogP contribution in [-0.2, 0) is 17.8 Å². The molecule has 1 unspecified atom stereocenters. The van der Waals surface area contributed by atoms with E-state index in [1.807, 2.05) is 37.3 Å². The Balaban J connectivity index is 1.32. The van der Waals surface area contributed by atoms with Gasteiger partial charge < -0.3 is 25.0 Å². The van der Waals surface area contributed by atoms with E-state index in [-0.39, 0.29) is 17.8 Å². The first kappa shape index (κ1) is 25.5. The van der Waals surface area contributed by atoms with Gasteiger partial charge in [0.1, 0.15) is 11.5 Å². The molecule has 1 aromatic carbocycles. The summed E-state index contributed by atoms with van der Waals surface area (Å²) in [6, 6.07) is 9.31. The highest BCUT2D eigenvalue weighted by molar-refractivity contribution is 6.08. The number of oxazole rings is 1. The second kappa shape index (κ2) is 10.4. The van der Waals surface area contributed by atoms with Gasteiger partial charge in [-0.3, -0.25) is 19.4 Å². The Hall–Kier alpha value is -3.77. The number of pyridine rings is 1. The van der Waals surface area contributed by atoms with Crippen LogP contribution in [0.5, 0.6) is 0 Å². The van der Waals surface area contributed by atoms with E-state index < -0.39 is 11.7 Å². The van der Waals surface area contributed by atoms with Crippen molar-refractivity contribution in [2.45, 2.75) is 32.1 Å².